The van der Waals surface area contributed by atoms with Gasteiger partial charge < -0.3 is 10.6 Å². The molecule has 1 unspecified atom stereocenters. The van der Waals surface area contributed by atoms with Gasteiger partial charge in [0.2, 0.25) is 15.8 Å². The van der Waals surface area contributed by atoms with E-state index in [1.54, 1.807) is 12.1 Å². The Morgan fingerprint density at radius 2 is 2.10 bits per heavy atom. The molecule has 2 aromatic rings. The topological polar surface area (TPSA) is 128 Å². The molecule has 1 aromatic carbocycles. The third-order valence-electron chi connectivity index (χ3n) is 5.15. The van der Waals surface area contributed by atoms with Gasteiger partial charge in [-0.15, -0.1) is 0 Å². The van der Waals surface area contributed by atoms with Gasteiger partial charge in [-0.05, 0) is 40.9 Å². The number of nitrogens with one attached hydrogen (secondary N) is 3. The number of H-pyrrole nitrogens is 1. The number of sulfonamides is 1. The monoisotopic (exact) mass is 485 g/mol. The third kappa shape index (κ3) is 4.02. The van der Waals surface area contributed by atoms with Crippen LogP contribution in [0.4, 0.5) is 4.39 Å². The van der Waals surface area contributed by atoms with E-state index in [4.69, 9.17) is 5.73 Å². The quantitative estimate of drug-likeness (QED) is 0.515. The Hall–Kier alpha value is -2.02. The first kappa shape index (κ1) is 20.3. The van der Waals surface area contributed by atoms with Gasteiger partial charge >= 0.3 is 0 Å². The van der Waals surface area contributed by atoms with E-state index in [-0.39, 0.29) is 11.9 Å². The molecule has 0 spiro atoms. The predicted octanol–water partition coefficient (Wildman–Crippen LogP) is 1.22. The first-order valence-corrected chi connectivity index (χ1v) is 11.7. The highest BCUT2D eigenvalue weighted by molar-refractivity contribution is 9.10. The normalized spacial score (nSPS) is 24.1. The van der Waals surface area contributed by atoms with Crippen molar-refractivity contribution >= 4 is 43.1 Å². The van der Waals surface area contributed by atoms with Crippen LogP contribution >= 0.6 is 15.9 Å². The van der Waals surface area contributed by atoms with Crippen LogP contribution in [0.5, 0.6) is 0 Å². The fraction of sp³-hybridized carbons (Fsp3) is 0.412. The van der Waals surface area contributed by atoms with Gasteiger partial charge in [-0.1, -0.05) is 6.07 Å². The predicted molar refractivity (Wildman–Crippen MR) is 112 cm³/mol. The van der Waals surface area contributed by atoms with Crippen molar-refractivity contribution in [3.63, 3.8) is 0 Å². The van der Waals surface area contributed by atoms with Crippen LogP contribution in [0.25, 0.3) is 10.9 Å². The average molecular weight is 486 g/mol. The SMILES string of the molecule is CS(=O)(=O)N1CCC(NC2=C(F)C=NC(N)(c3ccc4n[nH]c(Br)c4c3)N2)CC1. The highest BCUT2D eigenvalue weighted by Gasteiger charge is 2.33. The number of hydrogen-bond donors (Lipinski definition) is 4. The number of piperidine rings is 1. The number of halogens is 2. The van der Waals surface area contributed by atoms with E-state index in [2.05, 4.69) is 41.8 Å². The van der Waals surface area contributed by atoms with Crippen LogP contribution in [-0.4, -0.2) is 54.5 Å². The average Bonchev–Trinajstić information content (AvgIpc) is 3.05. The molecule has 2 aliphatic rings. The summed E-state index contributed by atoms with van der Waals surface area (Å²) in [5.41, 5.74) is 7.85. The minimum Gasteiger partial charge on any atom is -0.366 e. The number of fused-ring (bicyclic) bond motifs is 1. The molecule has 1 aromatic heterocycles. The Kier molecular flexibility index (Phi) is 5.13. The van der Waals surface area contributed by atoms with Crippen molar-refractivity contribution in [3.8, 4) is 0 Å². The largest absolute Gasteiger partial charge is 0.366 e. The molecule has 0 bridgehead atoms. The second-order valence-corrected chi connectivity index (χ2v) is 10.00. The Morgan fingerprint density at radius 1 is 1.38 bits per heavy atom. The summed E-state index contributed by atoms with van der Waals surface area (Å²) in [7, 11) is -3.21. The maximum atomic E-state index is 14.4. The number of nitrogens with two attached hydrogens (primary N) is 1. The van der Waals surface area contributed by atoms with Crippen LogP contribution < -0.4 is 16.4 Å². The van der Waals surface area contributed by atoms with Gasteiger partial charge in [0.25, 0.3) is 0 Å². The number of aliphatic imine (C=N–C) groups is 1. The Labute approximate surface area is 175 Å². The number of nitrogens with zero attached hydrogens (tertiary/aromatic N) is 3. The van der Waals surface area contributed by atoms with Gasteiger partial charge in [0.05, 0.1) is 18.0 Å². The van der Waals surface area contributed by atoms with E-state index in [9.17, 15) is 12.8 Å². The van der Waals surface area contributed by atoms with Gasteiger partial charge in [-0.25, -0.2) is 22.1 Å². The number of hydrogen-bond acceptors (Lipinski definition) is 7. The van der Waals surface area contributed by atoms with Gasteiger partial charge in [-0.2, -0.15) is 5.10 Å². The van der Waals surface area contributed by atoms with Gasteiger partial charge in [0, 0.05) is 30.1 Å². The number of benzene rings is 1. The molecule has 4 rings (SSSR count). The minimum atomic E-state index is -3.21. The maximum absolute atomic E-state index is 14.4. The molecule has 156 valence electrons. The van der Waals surface area contributed by atoms with Gasteiger partial charge in [0.15, 0.2) is 5.83 Å². The van der Waals surface area contributed by atoms with Crippen LogP contribution in [-0.2, 0) is 15.8 Å². The number of aromatic nitrogens is 2. The lowest BCUT2D eigenvalue weighted by Gasteiger charge is -2.36. The summed E-state index contributed by atoms with van der Waals surface area (Å²) in [6, 6.07) is 5.34. The van der Waals surface area contributed by atoms with Crippen LogP contribution in [0, 0.1) is 0 Å². The van der Waals surface area contributed by atoms with E-state index in [0.29, 0.717) is 31.5 Å². The van der Waals surface area contributed by atoms with Crippen LogP contribution in [0.3, 0.4) is 0 Å². The summed E-state index contributed by atoms with van der Waals surface area (Å²) in [5, 5.41) is 13.9. The molecule has 9 nitrogen and oxygen atoms in total. The zero-order valence-electron chi connectivity index (χ0n) is 15.6. The Morgan fingerprint density at radius 3 is 2.79 bits per heavy atom. The third-order valence-corrected chi connectivity index (χ3v) is 7.06. The lowest BCUT2D eigenvalue weighted by atomic mass is 10.0. The summed E-state index contributed by atoms with van der Waals surface area (Å²) in [6.07, 6.45) is 3.42. The molecule has 1 saturated heterocycles. The molecule has 5 N–H and O–H groups in total. The number of rotatable bonds is 4. The van der Waals surface area contributed by atoms with Crippen molar-refractivity contribution in [2.24, 2.45) is 10.7 Å². The Balaban J connectivity index is 1.51. The van der Waals surface area contributed by atoms with Crippen LogP contribution in [0.15, 0.2) is 39.4 Å². The molecule has 29 heavy (non-hydrogen) atoms. The van der Waals surface area contributed by atoms with E-state index in [1.165, 1.54) is 10.6 Å². The van der Waals surface area contributed by atoms with Crippen molar-refractivity contribution in [2.45, 2.75) is 24.7 Å². The number of aromatic amines is 1. The summed E-state index contributed by atoms with van der Waals surface area (Å²) in [4.78, 5) is 4.16. The summed E-state index contributed by atoms with van der Waals surface area (Å²) >= 11 is 3.40. The first-order chi connectivity index (χ1) is 13.7. The van der Waals surface area contributed by atoms with Crippen molar-refractivity contribution in [3.05, 3.63) is 40.0 Å². The molecular weight excluding hydrogens is 465 g/mol. The molecule has 12 heteroatoms. The molecule has 1 atom stereocenters. The Bertz CT molecular complexity index is 1110. The summed E-state index contributed by atoms with van der Waals surface area (Å²) < 4.78 is 39.9. The van der Waals surface area contributed by atoms with E-state index in [0.717, 1.165) is 21.7 Å². The van der Waals surface area contributed by atoms with Crippen molar-refractivity contribution in [1.29, 1.82) is 0 Å². The molecule has 0 radical (unpaired) electrons. The molecule has 2 aliphatic heterocycles. The van der Waals surface area contributed by atoms with Crippen LogP contribution in [0.1, 0.15) is 18.4 Å². The maximum Gasteiger partial charge on any atom is 0.211 e. The van der Waals surface area contributed by atoms with Crippen molar-refractivity contribution in [2.75, 3.05) is 19.3 Å². The van der Waals surface area contributed by atoms with Crippen molar-refractivity contribution in [1.82, 2.24) is 25.1 Å². The zero-order valence-corrected chi connectivity index (χ0v) is 18.0. The fourth-order valence-electron chi connectivity index (χ4n) is 3.51. The molecule has 0 aliphatic carbocycles. The van der Waals surface area contributed by atoms with Crippen LogP contribution in [0.2, 0.25) is 0 Å². The standard InChI is InChI=1S/C17H21BrFN7O2S/c1-29(27,28)26-6-4-11(5-7-26)22-16-13(19)9-21-17(20,23-16)10-2-3-14-12(8-10)15(18)25-24-14/h2-3,8-9,11,22-23H,4-7,20H2,1H3,(H,24,25). The summed E-state index contributed by atoms with van der Waals surface area (Å²) in [6.45, 7) is 0.775. The molecule has 1 fully saturated rings. The van der Waals surface area contributed by atoms with E-state index >= 15 is 0 Å². The highest BCUT2D eigenvalue weighted by Crippen LogP contribution is 2.28. The molecular formula is C17H21BrFN7O2S. The lowest BCUT2D eigenvalue weighted by molar-refractivity contribution is 0.285. The number of allylic oxidation sites excluding steroid dienone is 1. The van der Waals surface area contributed by atoms with Gasteiger partial charge in [0.1, 0.15) is 10.4 Å². The first-order valence-electron chi connectivity index (χ1n) is 9.03. The lowest BCUT2D eigenvalue weighted by Crippen LogP contribution is -2.55. The zero-order chi connectivity index (χ0) is 20.8. The summed E-state index contributed by atoms with van der Waals surface area (Å²) in [5.74, 6) is -1.76. The van der Waals surface area contributed by atoms with E-state index < -0.39 is 21.6 Å². The smallest absolute Gasteiger partial charge is 0.211 e. The van der Waals surface area contributed by atoms with Crippen molar-refractivity contribution < 1.29 is 12.8 Å². The minimum absolute atomic E-state index is 0.0810. The molecule has 0 amide bonds. The second-order valence-electron chi connectivity index (χ2n) is 7.22. The fourth-order valence-corrected chi connectivity index (χ4v) is 4.79. The van der Waals surface area contributed by atoms with E-state index in [1.807, 2.05) is 6.07 Å². The molecule has 0 saturated carbocycles. The van der Waals surface area contributed by atoms with Gasteiger partial charge in [-0.3, -0.25) is 10.8 Å². The second kappa shape index (κ2) is 7.35. The molecule has 3 heterocycles. The highest BCUT2D eigenvalue weighted by atomic mass is 79.9.